The summed E-state index contributed by atoms with van der Waals surface area (Å²) in [6, 6.07) is 3.58. The van der Waals surface area contributed by atoms with E-state index in [1.165, 1.54) is 32.9 Å². The van der Waals surface area contributed by atoms with Crippen molar-refractivity contribution >= 4 is 46.6 Å². The van der Waals surface area contributed by atoms with Gasteiger partial charge in [0.05, 0.1) is 6.61 Å². The van der Waals surface area contributed by atoms with Crippen LogP contribution in [0.2, 0.25) is 0 Å². The number of aliphatic carboxylic acids is 1. The summed E-state index contributed by atoms with van der Waals surface area (Å²) in [5.41, 5.74) is -0.528. The van der Waals surface area contributed by atoms with Crippen LogP contribution in [-0.2, 0) is 23.9 Å². The molecule has 3 heterocycles. The quantitative estimate of drug-likeness (QED) is 0.297. The molecule has 2 saturated heterocycles. The molecule has 16 heteroatoms. The van der Waals surface area contributed by atoms with Crippen LogP contribution in [0.3, 0.4) is 0 Å². The number of rotatable bonds is 12. The maximum absolute atomic E-state index is 15.0. The first-order valence-electron chi connectivity index (χ1n) is 16.6. The number of carbonyl (C=O) groups excluding carboxylic acids is 5. The number of aromatic nitrogens is 1. The van der Waals surface area contributed by atoms with Crippen molar-refractivity contribution in [3.63, 3.8) is 0 Å². The molecule has 0 bridgehead atoms. The van der Waals surface area contributed by atoms with Crippen LogP contribution < -0.4 is 15.4 Å². The molecule has 264 valence electrons. The van der Waals surface area contributed by atoms with E-state index in [9.17, 15) is 38.3 Å². The largest absolute Gasteiger partial charge is 0.483 e. The molecule has 15 nitrogen and oxygen atoms in total. The first kappa shape index (κ1) is 35.3. The Morgan fingerprint density at radius 1 is 1.02 bits per heavy atom. The monoisotopic (exact) mass is 684 g/mol. The zero-order chi connectivity index (χ0) is 35.1. The average molecular weight is 685 g/mol. The zero-order valence-electron chi connectivity index (χ0n) is 27.3. The van der Waals surface area contributed by atoms with Crippen molar-refractivity contribution in [1.29, 1.82) is 0 Å². The molecule has 49 heavy (non-hydrogen) atoms. The number of carbonyl (C=O) groups is 6. The summed E-state index contributed by atoms with van der Waals surface area (Å²) in [4.78, 5) is 85.1. The number of hydrogen-bond acceptors (Lipinski definition) is 9. The summed E-state index contributed by atoms with van der Waals surface area (Å²) in [7, 11) is 0. The number of carboxylic acids is 1. The van der Waals surface area contributed by atoms with Crippen LogP contribution in [0.15, 0.2) is 24.3 Å². The zero-order valence-corrected chi connectivity index (χ0v) is 27.3. The van der Waals surface area contributed by atoms with Crippen LogP contribution in [0.5, 0.6) is 5.75 Å². The predicted octanol–water partition coefficient (Wildman–Crippen LogP) is 1.68. The van der Waals surface area contributed by atoms with Gasteiger partial charge in [-0.2, -0.15) is 0 Å². The second-order valence-corrected chi connectivity index (χ2v) is 12.3. The molecule has 3 N–H and O–H groups in total. The van der Waals surface area contributed by atoms with Crippen molar-refractivity contribution in [2.24, 2.45) is 0 Å². The number of carboxylic acid groups (broad SMARTS) is 1. The highest BCUT2D eigenvalue weighted by atomic mass is 19.1. The average Bonchev–Trinajstić information content (AvgIpc) is 3.57. The third-order valence-electron chi connectivity index (χ3n) is 9.03. The minimum atomic E-state index is -1.26. The smallest absolute Gasteiger partial charge is 0.409 e. The van der Waals surface area contributed by atoms with Gasteiger partial charge in [-0.1, -0.05) is 6.07 Å². The van der Waals surface area contributed by atoms with Crippen LogP contribution in [0.4, 0.5) is 9.18 Å². The predicted molar refractivity (Wildman–Crippen MR) is 171 cm³/mol. The van der Waals surface area contributed by atoms with Crippen LogP contribution in [0, 0.1) is 5.82 Å². The molecule has 1 saturated carbocycles. The molecule has 0 spiro atoms. The molecular weight excluding hydrogens is 643 g/mol. The Kier molecular flexibility index (Phi) is 11.5. The molecule has 2 unspecified atom stereocenters. The van der Waals surface area contributed by atoms with E-state index in [1.54, 1.807) is 6.92 Å². The van der Waals surface area contributed by atoms with Crippen LogP contribution >= 0.6 is 0 Å². The fourth-order valence-electron chi connectivity index (χ4n) is 6.13. The van der Waals surface area contributed by atoms with E-state index in [4.69, 9.17) is 9.47 Å². The fraction of sp³-hybridized carbons (Fsp3) is 0.545. The van der Waals surface area contributed by atoms with Crippen LogP contribution in [-0.4, -0.2) is 125 Å². The summed E-state index contributed by atoms with van der Waals surface area (Å²) < 4.78 is 25.8. The standard InChI is InChI=1S/C33H41FN6O9/c1-2-48-33(47)39-16-14-38(15-17-39)32(46)23(11-12-28(42)43)37-30(44)24-18-26(21-8-4-9-22(34)29(21)36-24)49-19-27(41)40-13-5-10-25(40)31(45)35-20-6-3-7-20/h4,8-9,18,20,23,25H,2-3,5-7,10-17,19H2,1H3,(H,35,45)(H,37,44)(H,42,43). The van der Waals surface area contributed by atoms with Crippen molar-refractivity contribution in [3.05, 3.63) is 35.8 Å². The lowest BCUT2D eigenvalue weighted by molar-refractivity contribution is -0.140. The van der Waals surface area contributed by atoms with Gasteiger partial charge >= 0.3 is 12.1 Å². The Balaban J connectivity index is 1.30. The van der Waals surface area contributed by atoms with Gasteiger partial charge in [-0.25, -0.2) is 14.2 Å². The van der Waals surface area contributed by atoms with Crippen molar-refractivity contribution < 1.29 is 47.7 Å². The van der Waals surface area contributed by atoms with Crippen molar-refractivity contribution in [3.8, 4) is 5.75 Å². The summed E-state index contributed by atoms with van der Waals surface area (Å²) in [5.74, 6) is -4.02. The Morgan fingerprint density at radius 3 is 2.43 bits per heavy atom. The van der Waals surface area contributed by atoms with Gasteiger partial charge in [0, 0.05) is 56.6 Å². The van der Waals surface area contributed by atoms with E-state index in [-0.39, 0.29) is 73.5 Å². The fourth-order valence-corrected chi connectivity index (χ4v) is 6.13. The molecule has 2 aromatic rings. The van der Waals surface area contributed by atoms with Gasteiger partial charge in [-0.15, -0.1) is 0 Å². The first-order valence-corrected chi connectivity index (χ1v) is 16.6. The molecule has 1 aliphatic carbocycles. The third kappa shape index (κ3) is 8.53. The number of nitrogens with zero attached hydrogens (tertiary/aromatic N) is 4. The second-order valence-electron chi connectivity index (χ2n) is 12.3. The maximum Gasteiger partial charge on any atom is 0.409 e. The molecule has 1 aromatic carbocycles. The highest BCUT2D eigenvalue weighted by molar-refractivity contribution is 5.99. The van der Waals surface area contributed by atoms with Crippen molar-refractivity contribution in [2.45, 2.75) is 70.0 Å². The van der Waals surface area contributed by atoms with E-state index >= 15 is 0 Å². The normalized spacial score (nSPS) is 18.4. The molecule has 5 amide bonds. The van der Waals surface area contributed by atoms with Gasteiger partial charge in [0.1, 0.15) is 34.9 Å². The number of benzene rings is 1. The second kappa shape index (κ2) is 15.9. The highest BCUT2D eigenvalue weighted by Crippen LogP contribution is 2.28. The number of halogens is 1. The van der Waals surface area contributed by atoms with E-state index in [0.29, 0.717) is 19.4 Å². The van der Waals surface area contributed by atoms with E-state index in [2.05, 4.69) is 15.6 Å². The van der Waals surface area contributed by atoms with E-state index in [1.807, 2.05) is 0 Å². The maximum atomic E-state index is 15.0. The molecule has 2 atom stereocenters. The lowest BCUT2D eigenvalue weighted by Gasteiger charge is -2.35. The molecule has 5 rings (SSSR count). The van der Waals surface area contributed by atoms with Crippen LogP contribution in [0.1, 0.15) is 62.4 Å². The molecule has 1 aromatic heterocycles. The summed E-state index contributed by atoms with van der Waals surface area (Å²) in [6.45, 7) is 2.45. The van der Waals surface area contributed by atoms with Gasteiger partial charge in [0.15, 0.2) is 6.61 Å². The number of amides is 5. The third-order valence-corrected chi connectivity index (χ3v) is 9.03. The van der Waals surface area contributed by atoms with Gasteiger partial charge < -0.3 is 39.9 Å². The number of hydrogen-bond donors (Lipinski definition) is 3. The van der Waals surface area contributed by atoms with Crippen molar-refractivity contribution in [1.82, 2.24) is 30.3 Å². The lowest BCUT2D eigenvalue weighted by Crippen LogP contribution is -2.56. The minimum Gasteiger partial charge on any atom is -0.483 e. The summed E-state index contributed by atoms with van der Waals surface area (Å²) >= 11 is 0. The number of piperazine rings is 1. The molecule has 0 radical (unpaired) electrons. The van der Waals surface area contributed by atoms with Gasteiger partial charge in [0.25, 0.3) is 11.8 Å². The SMILES string of the molecule is CCOC(=O)N1CCN(C(=O)C(CCC(=O)O)NC(=O)c2cc(OCC(=O)N3CCCC3C(=O)NC3CCC3)c3cccc(F)c3n2)CC1. The number of nitrogens with one attached hydrogen (secondary N) is 2. The Labute approximate surface area is 282 Å². The molecular formula is C33H41FN6O9. The molecule has 3 fully saturated rings. The number of para-hydroxylation sites is 1. The lowest BCUT2D eigenvalue weighted by atomic mass is 9.93. The van der Waals surface area contributed by atoms with E-state index < -0.39 is 60.7 Å². The Hall–Kier alpha value is -5.02. The number of likely N-dealkylation sites (tertiary alicyclic amines) is 1. The van der Waals surface area contributed by atoms with Crippen molar-refractivity contribution in [2.75, 3.05) is 45.9 Å². The summed E-state index contributed by atoms with van der Waals surface area (Å²) in [6.07, 6.45) is 2.91. The van der Waals surface area contributed by atoms with E-state index in [0.717, 1.165) is 25.3 Å². The highest BCUT2D eigenvalue weighted by Gasteiger charge is 2.36. The van der Waals surface area contributed by atoms with Gasteiger partial charge in [-0.3, -0.25) is 24.0 Å². The number of pyridine rings is 1. The van der Waals surface area contributed by atoms with Gasteiger partial charge in [0.2, 0.25) is 11.8 Å². The summed E-state index contributed by atoms with van der Waals surface area (Å²) in [5, 5.41) is 15.0. The molecule has 3 aliphatic rings. The Morgan fingerprint density at radius 2 is 1.76 bits per heavy atom. The molecule has 2 aliphatic heterocycles. The topological polar surface area (TPSA) is 188 Å². The van der Waals surface area contributed by atoms with Crippen LogP contribution in [0.25, 0.3) is 10.9 Å². The van der Waals surface area contributed by atoms with Gasteiger partial charge in [-0.05, 0) is 57.6 Å². The first-order chi connectivity index (χ1) is 23.5. The number of ether oxygens (including phenoxy) is 2. The number of fused-ring (bicyclic) bond motifs is 1. The Bertz CT molecular complexity index is 1590. The minimum absolute atomic E-state index is 0.0128.